The minimum absolute atomic E-state index is 0.0272. The van der Waals surface area contributed by atoms with E-state index in [-0.39, 0.29) is 63.0 Å². The van der Waals surface area contributed by atoms with Gasteiger partial charge in [0.05, 0.1) is 86.9 Å². The van der Waals surface area contributed by atoms with Gasteiger partial charge in [0.25, 0.3) is 0 Å². The van der Waals surface area contributed by atoms with E-state index in [1.165, 1.54) is 60.9 Å². The number of fused-ring (bicyclic) bond motifs is 1. The molecule has 18 nitrogen and oxygen atoms in total. The number of aromatic hydroxyl groups is 2. The van der Waals surface area contributed by atoms with Crippen LogP contribution in [0.4, 0.5) is 0 Å². The number of hydrogen-bond donors (Lipinski definition) is 7. The average Bonchev–Trinajstić information content (AvgIpc) is 4.00. The van der Waals surface area contributed by atoms with E-state index in [4.69, 9.17) is 47.4 Å². The minimum atomic E-state index is -1.44. The Bertz CT molecular complexity index is 2610. The summed E-state index contributed by atoms with van der Waals surface area (Å²) < 4.78 is 58.7. The number of benzene rings is 5. The molecule has 9 unspecified atom stereocenters. The molecule has 376 valence electrons. The summed E-state index contributed by atoms with van der Waals surface area (Å²) in [5.41, 5.74) is 3.63. The Morgan fingerprint density at radius 1 is 0.600 bits per heavy atom. The number of carbonyl (C=O) groups excluding carboxylic acids is 1. The van der Waals surface area contributed by atoms with Crippen molar-refractivity contribution in [1.29, 1.82) is 0 Å². The second-order valence-electron chi connectivity index (χ2n) is 16.9. The molecule has 70 heavy (non-hydrogen) atoms. The van der Waals surface area contributed by atoms with Crippen LogP contribution < -0.4 is 33.2 Å². The number of phenolic OH excluding ortho intramolecular Hbond substituents is 2. The molecule has 7 rings (SSSR count). The number of rotatable bonds is 22. The summed E-state index contributed by atoms with van der Waals surface area (Å²) in [6.45, 7) is 0.845. The van der Waals surface area contributed by atoms with Crippen LogP contribution in [0.25, 0.3) is 11.1 Å². The summed E-state index contributed by atoms with van der Waals surface area (Å²) in [6, 6.07) is 19.7. The first kappa shape index (κ1) is 51.5. The minimum Gasteiger partial charge on any atom is -0.504 e. The normalized spacial score (nSPS) is 19.6. The van der Waals surface area contributed by atoms with Crippen molar-refractivity contribution < 1.29 is 87.9 Å². The van der Waals surface area contributed by atoms with Gasteiger partial charge in [-0.3, -0.25) is 4.79 Å². The van der Waals surface area contributed by atoms with Gasteiger partial charge in [0.1, 0.15) is 23.7 Å². The molecular formula is C52H60O18. The molecule has 0 spiro atoms. The van der Waals surface area contributed by atoms with Crippen molar-refractivity contribution >= 4 is 6.29 Å². The molecular weight excluding hydrogens is 913 g/mol. The molecule has 0 aliphatic carbocycles. The number of phenols is 2. The second-order valence-corrected chi connectivity index (χ2v) is 16.9. The molecule has 2 aliphatic heterocycles. The standard InChI is InChI=1S/C52H60O18/c1-26-40(61-2)15-29(48(58)35(22-55)27-8-10-38(57)42(13-27)62-3)16-41(26)70-39-11-9-28(14-43(39)63-4)51-36-24-68-52(37(36)25-67-51)30-12-33(49(59)46(17-30)65-6)32-18-45(69-31(20-53)21-54)44(64-5)19-34(32)50(60)47(23-56)66-7/h8-20,31,35-37,47-48,50-52,54-60H,21-25H2,1-7H3. The van der Waals surface area contributed by atoms with E-state index in [0.29, 0.717) is 64.8 Å². The zero-order valence-electron chi connectivity index (χ0n) is 39.9. The Labute approximate surface area is 405 Å². The molecule has 2 aliphatic rings. The van der Waals surface area contributed by atoms with Crippen LogP contribution in [0.1, 0.15) is 63.7 Å². The van der Waals surface area contributed by atoms with Crippen LogP contribution in [0, 0.1) is 18.8 Å². The molecule has 2 saturated heterocycles. The molecule has 2 fully saturated rings. The smallest absolute Gasteiger partial charge is 0.177 e. The van der Waals surface area contributed by atoms with Gasteiger partial charge >= 0.3 is 0 Å². The van der Waals surface area contributed by atoms with Crippen molar-refractivity contribution in [3.8, 4) is 68.6 Å². The van der Waals surface area contributed by atoms with Crippen LogP contribution in [-0.2, 0) is 19.0 Å². The third-order valence-corrected chi connectivity index (χ3v) is 13.1. The maximum Gasteiger partial charge on any atom is 0.177 e. The summed E-state index contributed by atoms with van der Waals surface area (Å²) in [6.07, 6.45) is -5.52. The third kappa shape index (κ3) is 10.1. The number of methoxy groups -OCH3 is 6. The molecule has 0 aromatic heterocycles. The van der Waals surface area contributed by atoms with Gasteiger partial charge in [-0.15, -0.1) is 0 Å². The molecule has 5 aromatic carbocycles. The summed E-state index contributed by atoms with van der Waals surface area (Å²) in [5, 5.41) is 75.3. The highest BCUT2D eigenvalue weighted by Crippen LogP contribution is 2.54. The summed E-state index contributed by atoms with van der Waals surface area (Å²) in [4.78, 5) is 11.7. The van der Waals surface area contributed by atoms with Gasteiger partial charge in [0, 0.05) is 36.0 Å². The third-order valence-electron chi connectivity index (χ3n) is 13.1. The van der Waals surface area contributed by atoms with E-state index < -0.39 is 62.4 Å². The highest BCUT2D eigenvalue weighted by Gasteiger charge is 2.48. The summed E-state index contributed by atoms with van der Waals surface area (Å²) in [7, 11) is 8.54. The number of aliphatic hydroxyl groups excluding tert-OH is 5. The Morgan fingerprint density at radius 2 is 1.21 bits per heavy atom. The van der Waals surface area contributed by atoms with Gasteiger partial charge in [0.2, 0.25) is 0 Å². The Balaban J connectivity index is 1.18. The predicted octanol–water partition coefficient (Wildman–Crippen LogP) is 5.77. The van der Waals surface area contributed by atoms with E-state index in [2.05, 4.69) is 0 Å². The summed E-state index contributed by atoms with van der Waals surface area (Å²) >= 11 is 0. The molecule has 9 atom stereocenters. The van der Waals surface area contributed by atoms with Crippen LogP contribution in [0.15, 0.2) is 72.8 Å². The van der Waals surface area contributed by atoms with Gasteiger partial charge in [-0.05, 0) is 101 Å². The maximum absolute atomic E-state index is 11.7. The monoisotopic (exact) mass is 972 g/mol. The average molecular weight is 973 g/mol. The molecule has 18 heteroatoms. The SMILES string of the molecule is COc1cc(C(CO)C(O)c2cc(OC)c(C)c(Oc3ccc(C4OCC5C(c6cc(OC)c(O)c(-c7cc(OC(C=O)CO)c(OC)cc7C(O)C(CO)OC)c6)OCC45)cc3OC)c2)ccc1O. The molecule has 0 saturated carbocycles. The van der Waals surface area contributed by atoms with Crippen LogP contribution in [0.2, 0.25) is 0 Å². The fraction of sp³-hybridized carbons (Fsp3) is 0.404. The van der Waals surface area contributed by atoms with Crippen LogP contribution in [0.3, 0.4) is 0 Å². The number of hydrogen-bond acceptors (Lipinski definition) is 18. The number of carbonyl (C=O) groups is 1. The van der Waals surface area contributed by atoms with E-state index in [1.54, 1.807) is 42.5 Å². The molecule has 0 amide bonds. The Morgan fingerprint density at radius 3 is 1.81 bits per heavy atom. The van der Waals surface area contributed by atoms with Crippen LogP contribution in [-0.4, -0.2) is 130 Å². The topological polar surface area (TPSA) is 251 Å². The fourth-order valence-electron chi connectivity index (χ4n) is 9.25. The highest BCUT2D eigenvalue weighted by atomic mass is 16.5. The first-order chi connectivity index (χ1) is 33.8. The van der Waals surface area contributed by atoms with Crippen LogP contribution in [0.5, 0.6) is 57.5 Å². The lowest BCUT2D eigenvalue weighted by atomic mass is 9.83. The van der Waals surface area contributed by atoms with Gasteiger partial charge in [-0.1, -0.05) is 12.1 Å². The lowest BCUT2D eigenvalue weighted by Gasteiger charge is -2.26. The molecule has 0 radical (unpaired) electrons. The van der Waals surface area contributed by atoms with Crippen molar-refractivity contribution in [3.05, 3.63) is 106 Å². The lowest BCUT2D eigenvalue weighted by Crippen LogP contribution is -2.26. The van der Waals surface area contributed by atoms with E-state index >= 15 is 0 Å². The molecule has 0 bridgehead atoms. The fourth-order valence-corrected chi connectivity index (χ4v) is 9.25. The predicted molar refractivity (Wildman–Crippen MR) is 252 cm³/mol. The molecule has 5 aromatic rings. The number of aldehydes is 1. The van der Waals surface area contributed by atoms with Gasteiger partial charge in [-0.2, -0.15) is 0 Å². The van der Waals surface area contributed by atoms with E-state index in [1.807, 2.05) is 19.1 Å². The van der Waals surface area contributed by atoms with E-state index in [9.17, 15) is 40.5 Å². The van der Waals surface area contributed by atoms with Crippen molar-refractivity contribution in [3.63, 3.8) is 0 Å². The molecule has 7 N–H and O–H groups in total. The van der Waals surface area contributed by atoms with E-state index in [0.717, 1.165) is 5.56 Å². The Hall–Kier alpha value is -6.35. The van der Waals surface area contributed by atoms with Crippen molar-refractivity contribution in [1.82, 2.24) is 0 Å². The number of ether oxygens (including phenoxy) is 10. The largest absolute Gasteiger partial charge is 0.504 e. The zero-order chi connectivity index (χ0) is 50.4. The maximum atomic E-state index is 11.7. The van der Waals surface area contributed by atoms with Crippen molar-refractivity contribution in [2.75, 3.05) is 75.7 Å². The number of aliphatic hydroxyl groups is 5. The van der Waals surface area contributed by atoms with Crippen LogP contribution >= 0.6 is 0 Å². The highest BCUT2D eigenvalue weighted by molar-refractivity contribution is 5.80. The summed E-state index contributed by atoms with van der Waals surface area (Å²) in [5.74, 6) is 0.551. The second kappa shape index (κ2) is 22.6. The lowest BCUT2D eigenvalue weighted by molar-refractivity contribution is -0.115. The quantitative estimate of drug-likeness (QED) is 0.0407. The van der Waals surface area contributed by atoms with Gasteiger partial charge < -0.3 is 83.1 Å². The van der Waals surface area contributed by atoms with Crippen molar-refractivity contribution in [2.45, 2.75) is 49.5 Å². The van der Waals surface area contributed by atoms with Gasteiger partial charge in [0.15, 0.2) is 58.4 Å². The Kier molecular flexibility index (Phi) is 16.6. The first-order valence-electron chi connectivity index (χ1n) is 22.4. The zero-order valence-corrected chi connectivity index (χ0v) is 39.9. The van der Waals surface area contributed by atoms with Crippen molar-refractivity contribution in [2.24, 2.45) is 11.8 Å². The molecule has 2 heterocycles. The first-order valence-corrected chi connectivity index (χ1v) is 22.4. The van der Waals surface area contributed by atoms with Gasteiger partial charge in [-0.25, -0.2) is 0 Å².